The molecule has 12 aromatic carbocycles. The molecule has 74 heavy (non-hydrogen) atoms. The van der Waals surface area contributed by atoms with Crippen LogP contribution in [0.4, 0.5) is 17.1 Å². The van der Waals surface area contributed by atoms with Crippen LogP contribution in [0.25, 0.3) is 109 Å². The standard InChI is InChI=1S/C70H52BN3/c1-69(2,3)45-29-33-47(34-30-45)72(48-35-31-46(32-36-48)70(4,5)6)65-54-26-16-15-25-53(54)64-63-68(65)74-58-38-28-42-18-8-12-22-50(42)60(58)62-52-24-14-10-20-44(52)40-56(67(62)74)71(63)55-39-43-19-9-13-23-51(43)61-59-49-21-11-7-17-41(49)27-37-57(59)73(64)66(55)61/h7-40H,1-6H3. The molecule has 2 aliphatic heterocycles. The predicted octanol–water partition coefficient (Wildman–Crippen LogP) is 16.9. The Kier molecular flexibility index (Phi) is 8.25. The summed E-state index contributed by atoms with van der Waals surface area (Å²) in [6, 6.07) is 79.2. The third-order valence-electron chi connectivity index (χ3n) is 17.1. The fourth-order valence-electron chi connectivity index (χ4n) is 13.8. The molecule has 0 amide bonds. The van der Waals surface area contributed by atoms with Crippen LogP contribution in [0.1, 0.15) is 52.7 Å². The SMILES string of the molecule is CC(C)(C)c1ccc(N(c2ccc(C(C)(C)C)cc2)c2c3c4c(c5ccccc25)-n2c5ccc6ccccc6c5c5c6ccccc6cc(c52)B4c2cc4ccccc4c4c5c6ccccc6ccc5n-3c24)cc1. The highest BCUT2D eigenvalue weighted by Crippen LogP contribution is 2.52. The van der Waals surface area contributed by atoms with Crippen LogP contribution >= 0.6 is 0 Å². The van der Waals surface area contributed by atoms with Gasteiger partial charge in [0.2, 0.25) is 0 Å². The Labute approximate surface area is 430 Å². The van der Waals surface area contributed by atoms with Gasteiger partial charge in [-0.15, -0.1) is 0 Å². The number of hydrogen-bond donors (Lipinski definition) is 0. The van der Waals surface area contributed by atoms with Gasteiger partial charge >= 0.3 is 0 Å². The van der Waals surface area contributed by atoms with Crippen molar-refractivity contribution in [3.05, 3.63) is 217 Å². The highest BCUT2D eigenvalue weighted by atomic mass is 15.2. The summed E-state index contributed by atoms with van der Waals surface area (Å²) in [5.74, 6) is 0. The largest absolute Gasteiger partial charge is 0.310 e. The summed E-state index contributed by atoms with van der Waals surface area (Å²) in [5.41, 5.74) is 17.6. The molecule has 14 aromatic rings. The zero-order valence-corrected chi connectivity index (χ0v) is 42.5. The van der Waals surface area contributed by atoms with Crippen molar-refractivity contribution in [2.75, 3.05) is 4.90 Å². The lowest BCUT2D eigenvalue weighted by Gasteiger charge is -2.39. The fraction of sp³-hybridized carbons (Fsp3) is 0.114. The molecule has 0 spiro atoms. The van der Waals surface area contributed by atoms with Crippen molar-refractivity contribution in [1.29, 1.82) is 0 Å². The van der Waals surface area contributed by atoms with Crippen molar-refractivity contribution in [3.8, 4) is 11.4 Å². The summed E-state index contributed by atoms with van der Waals surface area (Å²) in [6.07, 6.45) is 0. The second kappa shape index (κ2) is 14.5. The maximum atomic E-state index is 2.72. The van der Waals surface area contributed by atoms with E-state index in [1.165, 1.54) is 142 Å². The lowest BCUT2D eigenvalue weighted by molar-refractivity contribution is 0.590. The van der Waals surface area contributed by atoms with Gasteiger partial charge in [0, 0.05) is 43.7 Å². The maximum Gasteiger partial charge on any atom is 0.252 e. The molecular formula is C70H52BN3. The van der Waals surface area contributed by atoms with Crippen molar-refractivity contribution >= 4 is 138 Å². The number of fused-ring (bicyclic) bond motifs is 20. The van der Waals surface area contributed by atoms with Gasteiger partial charge in [0.1, 0.15) is 0 Å². The zero-order chi connectivity index (χ0) is 49.5. The normalized spacial score (nSPS) is 13.2. The lowest BCUT2D eigenvalue weighted by atomic mass is 9.33. The summed E-state index contributed by atoms with van der Waals surface area (Å²) in [7, 11) is 0. The number of hydrogen-bond acceptors (Lipinski definition) is 1. The highest BCUT2D eigenvalue weighted by molar-refractivity contribution is 7.01. The van der Waals surface area contributed by atoms with Gasteiger partial charge in [-0.05, 0) is 118 Å². The summed E-state index contributed by atoms with van der Waals surface area (Å²) in [5, 5.41) is 17.9. The molecule has 0 saturated heterocycles. The van der Waals surface area contributed by atoms with Gasteiger partial charge in [-0.3, -0.25) is 0 Å². The van der Waals surface area contributed by atoms with E-state index in [9.17, 15) is 0 Å². The molecular weight excluding hydrogens is 894 g/mol. The minimum absolute atomic E-state index is 0.00582. The number of benzene rings is 12. The molecule has 0 fully saturated rings. The molecule has 16 rings (SSSR count). The average molecular weight is 946 g/mol. The topological polar surface area (TPSA) is 13.1 Å². The van der Waals surface area contributed by atoms with Gasteiger partial charge in [-0.25, -0.2) is 0 Å². The molecule has 0 atom stereocenters. The van der Waals surface area contributed by atoms with Gasteiger partial charge in [0.05, 0.1) is 39.1 Å². The smallest absolute Gasteiger partial charge is 0.252 e. The van der Waals surface area contributed by atoms with Crippen molar-refractivity contribution in [2.45, 2.75) is 52.4 Å². The van der Waals surface area contributed by atoms with E-state index >= 15 is 0 Å². The quantitative estimate of drug-likeness (QED) is 0.161. The number of anilines is 3. The number of rotatable bonds is 3. The molecule has 0 radical (unpaired) electrons. The number of nitrogens with zero attached hydrogens (tertiary/aromatic N) is 3. The van der Waals surface area contributed by atoms with Gasteiger partial charge in [0.15, 0.2) is 0 Å². The second-order valence-corrected chi connectivity index (χ2v) is 23.2. The van der Waals surface area contributed by atoms with E-state index in [2.05, 4.69) is 262 Å². The monoisotopic (exact) mass is 945 g/mol. The van der Waals surface area contributed by atoms with Crippen LogP contribution < -0.4 is 21.3 Å². The molecule has 4 heterocycles. The minimum atomic E-state index is -0.109. The van der Waals surface area contributed by atoms with Gasteiger partial charge in [0.25, 0.3) is 6.71 Å². The van der Waals surface area contributed by atoms with Gasteiger partial charge < -0.3 is 14.0 Å². The maximum absolute atomic E-state index is 2.72. The van der Waals surface area contributed by atoms with Crippen LogP contribution in [-0.2, 0) is 10.8 Å². The Hall–Kier alpha value is -8.60. The van der Waals surface area contributed by atoms with E-state index < -0.39 is 0 Å². The highest BCUT2D eigenvalue weighted by Gasteiger charge is 2.45. The Morgan fingerprint density at radius 2 is 0.730 bits per heavy atom. The molecule has 0 bridgehead atoms. The molecule has 0 aliphatic carbocycles. The van der Waals surface area contributed by atoms with E-state index in [1.54, 1.807) is 0 Å². The van der Waals surface area contributed by atoms with Crippen LogP contribution in [0.5, 0.6) is 0 Å². The number of aromatic nitrogens is 2. The van der Waals surface area contributed by atoms with Crippen LogP contribution in [0.2, 0.25) is 0 Å². The van der Waals surface area contributed by atoms with E-state index in [1.807, 2.05) is 0 Å². The fourth-order valence-corrected chi connectivity index (χ4v) is 13.8. The Bertz CT molecular complexity index is 4730. The predicted molar refractivity (Wildman–Crippen MR) is 319 cm³/mol. The van der Waals surface area contributed by atoms with Crippen molar-refractivity contribution < 1.29 is 0 Å². The van der Waals surface area contributed by atoms with Crippen LogP contribution in [0, 0.1) is 0 Å². The Morgan fingerprint density at radius 1 is 0.351 bits per heavy atom. The van der Waals surface area contributed by atoms with Crippen LogP contribution in [-0.4, -0.2) is 15.8 Å². The molecule has 2 aliphatic rings. The molecule has 2 aromatic heterocycles. The van der Waals surface area contributed by atoms with Crippen molar-refractivity contribution in [3.63, 3.8) is 0 Å². The Morgan fingerprint density at radius 3 is 1.18 bits per heavy atom. The lowest BCUT2D eigenvalue weighted by Crippen LogP contribution is -2.59. The van der Waals surface area contributed by atoms with Crippen molar-refractivity contribution in [1.82, 2.24) is 9.13 Å². The van der Waals surface area contributed by atoms with E-state index in [-0.39, 0.29) is 17.5 Å². The van der Waals surface area contributed by atoms with Gasteiger partial charge in [-0.1, -0.05) is 211 Å². The minimum Gasteiger partial charge on any atom is -0.310 e. The first kappa shape index (κ1) is 42.0. The molecule has 3 nitrogen and oxygen atoms in total. The summed E-state index contributed by atoms with van der Waals surface area (Å²) in [4.78, 5) is 2.60. The molecule has 0 N–H and O–H groups in total. The molecule has 0 saturated carbocycles. The van der Waals surface area contributed by atoms with E-state index in [4.69, 9.17) is 0 Å². The van der Waals surface area contributed by atoms with E-state index in [0.717, 1.165) is 11.4 Å². The van der Waals surface area contributed by atoms with Crippen LogP contribution in [0.3, 0.4) is 0 Å². The van der Waals surface area contributed by atoms with Crippen molar-refractivity contribution in [2.24, 2.45) is 0 Å². The first-order valence-corrected chi connectivity index (χ1v) is 26.4. The molecule has 4 heteroatoms. The summed E-state index contributed by atoms with van der Waals surface area (Å²) in [6.45, 7) is 13.8. The Balaban J connectivity index is 1.19. The second-order valence-electron chi connectivity index (χ2n) is 23.2. The third-order valence-corrected chi connectivity index (χ3v) is 17.1. The van der Waals surface area contributed by atoms with E-state index in [0.29, 0.717) is 0 Å². The van der Waals surface area contributed by atoms with Crippen LogP contribution in [0.15, 0.2) is 206 Å². The zero-order valence-electron chi connectivity index (χ0n) is 42.5. The third kappa shape index (κ3) is 5.47. The summed E-state index contributed by atoms with van der Waals surface area (Å²) < 4.78 is 5.42. The summed E-state index contributed by atoms with van der Waals surface area (Å²) >= 11 is 0. The first-order valence-electron chi connectivity index (χ1n) is 26.4. The first-order chi connectivity index (χ1) is 36.0. The molecule has 350 valence electrons. The molecule has 0 unspecified atom stereocenters. The van der Waals surface area contributed by atoms with Gasteiger partial charge in [-0.2, -0.15) is 0 Å². The average Bonchev–Trinajstić information content (AvgIpc) is 3.96.